The third-order valence-electron chi connectivity index (χ3n) is 5.75. The summed E-state index contributed by atoms with van der Waals surface area (Å²) < 4.78 is 0. The Morgan fingerprint density at radius 3 is 2.34 bits per heavy atom. The summed E-state index contributed by atoms with van der Waals surface area (Å²) in [5, 5.41) is 0. The molecule has 2 amide bonds. The summed E-state index contributed by atoms with van der Waals surface area (Å²) in [6, 6.07) is 11.6. The van der Waals surface area contributed by atoms with Crippen molar-refractivity contribution in [3.05, 3.63) is 54.4 Å². The van der Waals surface area contributed by atoms with E-state index >= 15 is 0 Å². The van der Waals surface area contributed by atoms with Gasteiger partial charge in [0, 0.05) is 51.7 Å². The summed E-state index contributed by atoms with van der Waals surface area (Å²) in [5.41, 5.74) is 1.02. The third-order valence-corrected chi connectivity index (χ3v) is 5.75. The Hall–Kier alpha value is -2.96. The minimum absolute atomic E-state index is 0.0944. The molecule has 7 nitrogen and oxygen atoms in total. The number of hydrogen-bond donors (Lipinski definition) is 0. The highest BCUT2D eigenvalue weighted by atomic mass is 16.2. The van der Waals surface area contributed by atoms with Crippen LogP contribution >= 0.6 is 0 Å². The van der Waals surface area contributed by atoms with Crippen LogP contribution in [0.15, 0.2) is 48.8 Å². The quantitative estimate of drug-likeness (QED) is 0.789. The van der Waals surface area contributed by atoms with Gasteiger partial charge in [-0.2, -0.15) is 0 Å². The molecule has 4 rings (SSSR count). The lowest BCUT2D eigenvalue weighted by Crippen LogP contribution is -2.53. The number of likely N-dealkylation sites (tertiary alicyclic amines) is 1. The van der Waals surface area contributed by atoms with E-state index < -0.39 is 0 Å². The second kappa shape index (κ2) is 9.03. The normalized spacial score (nSPS) is 19.9. The molecule has 2 aromatic rings. The van der Waals surface area contributed by atoms with Crippen molar-refractivity contribution in [3.8, 4) is 0 Å². The van der Waals surface area contributed by atoms with Gasteiger partial charge < -0.3 is 14.7 Å². The number of anilines is 1. The molecule has 1 aromatic carbocycles. The molecular weight excluding hydrogens is 366 g/mol. The molecule has 0 spiro atoms. The molecule has 0 saturated carbocycles. The van der Waals surface area contributed by atoms with Gasteiger partial charge in [-0.05, 0) is 24.5 Å². The van der Waals surface area contributed by atoms with Gasteiger partial charge >= 0.3 is 0 Å². The van der Waals surface area contributed by atoms with E-state index in [0.29, 0.717) is 26.1 Å². The fourth-order valence-electron chi connectivity index (χ4n) is 4.13. The number of aromatic nitrogens is 2. The van der Waals surface area contributed by atoms with Gasteiger partial charge in [-0.3, -0.25) is 9.59 Å². The minimum Gasteiger partial charge on any atom is -0.342 e. The van der Waals surface area contributed by atoms with E-state index in [2.05, 4.69) is 14.9 Å². The molecule has 1 aromatic heterocycles. The highest BCUT2D eigenvalue weighted by Gasteiger charge is 2.32. The molecule has 2 aliphatic heterocycles. The Balaban J connectivity index is 1.30. The van der Waals surface area contributed by atoms with Crippen molar-refractivity contribution in [2.45, 2.75) is 19.3 Å². The van der Waals surface area contributed by atoms with E-state index in [-0.39, 0.29) is 17.7 Å². The number of amides is 2. The van der Waals surface area contributed by atoms with Gasteiger partial charge in [-0.15, -0.1) is 0 Å². The zero-order valence-electron chi connectivity index (χ0n) is 16.6. The average Bonchev–Trinajstić information content (AvgIpc) is 2.80. The average molecular weight is 393 g/mol. The molecule has 0 N–H and O–H groups in total. The smallest absolute Gasteiger partial charge is 0.227 e. The van der Waals surface area contributed by atoms with Crippen molar-refractivity contribution < 1.29 is 9.59 Å². The van der Waals surface area contributed by atoms with Crippen LogP contribution < -0.4 is 4.90 Å². The third kappa shape index (κ3) is 4.72. The number of rotatable bonds is 4. The number of hydrogen-bond acceptors (Lipinski definition) is 5. The molecule has 3 heterocycles. The number of piperidine rings is 1. The number of carbonyl (C=O) groups excluding carboxylic acids is 2. The van der Waals surface area contributed by atoms with E-state index in [0.717, 1.165) is 44.0 Å². The first kappa shape index (κ1) is 19.4. The van der Waals surface area contributed by atoms with Gasteiger partial charge in [-0.1, -0.05) is 30.3 Å². The predicted octanol–water partition coefficient (Wildman–Crippen LogP) is 1.61. The largest absolute Gasteiger partial charge is 0.342 e. The molecule has 7 heteroatoms. The fourth-order valence-corrected chi connectivity index (χ4v) is 4.13. The lowest BCUT2D eigenvalue weighted by Gasteiger charge is -2.39. The van der Waals surface area contributed by atoms with Gasteiger partial charge in [0.2, 0.25) is 17.8 Å². The summed E-state index contributed by atoms with van der Waals surface area (Å²) >= 11 is 0. The lowest BCUT2D eigenvalue weighted by atomic mass is 9.95. The van der Waals surface area contributed by atoms with E-state index in [1.54, 1.807) is 18.5 Å². The maximum Gasteiger partial charge on any atom is 0.227 e. The minimum atomic E-state index is -0.0944. The Morgan fingerprint density at radius 2 is 1.62 bits per heavy atom. The monoisotopic (exact) mass is 393 g/mol. The Kier molecular flexibility index (Phi) is 6.03. The molecule has 0 bridgehead atoms. The standard InChI is InChI=1S/C22H27N5O2/c28-20(16-18-6-2-1-3-7-18)27-11-4-8-19(17-27)21(29)25-12-14-26(15-13-25)22-23-9-5-10-24-22/h1-3,5-7,9-10,19H,4,8,11-17H2. The molecule has 29 heavy (non-hydrogen) atoms. The Labute approximate surface area is 171 Å². The van der Waals surface area contributed by atoms with Crippen molar-refractivity contribution in [1.82, 2.24) is 19.8 Å². The lowest BCUT2D eigenvalue weighted by molar-refractivity contribution is -0.140. The summed E-state index contributed by atoms with van der Waals surface area (Å²) in [7, 11) is 0. The first-order valence-corrected chi connectivity index (χ1v) is 10.3. The van der Waals surface area contributed by atoms with Gasteiger partial charge in [-0.25, -0.2) is 9.97 Å². The van der Waals surface area contributed by atoms with Crippen molar-refractivity contribution in [2.75, 3.05) is 44.2 Å². The van der Waals surface area contributed by atoms with Gasteiger partial charge in [0.05, 0.1) is 12.3 Å². The van der Waals surface area contributed by atoms with Crippen LogP contribution in [0.4, 0.5) is 5.95 Å². The number of nitrogens with zero attached hydrogens (tertiary/aromatic N) is 5. The van der Waals surface area contributed by atoms with E-state index in [1.165, 1.54) is 0 Å². The molecular formula is C22H27N5O2. The van der Waals surface area contributed by atoms with Gasteiger partial charge in [0.15, 0.2) is 0 Å². The SMILES string of the molecule is O=C(Cc1ccccc1)N1CCCC(C(=O)N2CCN(c3ncccn3)CC2)C1. The second-order valence-corrected chi connectivity index (χ2v) is 7.70. The maximum atomic E-state index is 13.1. The van der Waals surface area contributed by atoms with Crippen LogP contribution in [0.3, 0.4) is 0 Å². The molecule has 152 valence electrons. The van der Waals surface area contributed by atoms with Crippen LogP contribution in [0.2, 0.25) is 0 Å². The summed E-state index contributed by atoms with van der Waals surface area (Å²) in [6.45, 7) is 4.09. The number of piperazine rings is 1. The summed E-state index contributed by atoms with van der Waals surface area (Å²) in [5.74, 6) is 0.911. The number of benzene rings is 1. The highest BCUT2D eigenvalue weighted by Crippen LogP contribution is 2.21. The molecule has 0 radical (unpaired) electrons. The number of carbonyl (C=O) groups is 2. The highest BCUT2D eigenvalue weighted by molar-refractivity contribution is 5.82. The second-order valence-electron chi connectivity index (χ2n) is 7.70. The van der Waals surface area contributed by atoms with Crippen LogP contribution in [0, 0.1) is 5.92 Å². The molecule has 2 saturated heterocycles. The maximum absolute atomic E-state index is 13.1. The van der Waals surface area contributed by atoms with Crippen LogP contribution in [-0.2, 0) is 16.0 Å². The first-order chi connectivity index (χ1) is 14.2. The fraction of sp³-hybridized carbons (Fsp3) is 0.455. The Bertz CT molecular complexity index is 822. The van der Waals surface area contributed by atoms with Crippen molar-refractivity contribution in [1.29, 1.82) is 0 Å². The summed E-state index contributed by atoms with van der Waals surface area (Å²) in [6.07, 6.45) is 5.62. The van der Waals surface area contributed by atoms with E-state index in [4.69, 9.17) is 0 Å². The summed E-state index contributed by atoms with van der Waals surface area (Å²) in [4.78, 5) is 40.3. The van der Waals surface area contributed by atoms with Crippen LogP contribution in [0.25, 0.3) is 0 Å². The first-order valence-electron chi connectivity index (χ1n) is 10.3. The zero-order valence-corrected chi connectivity index (χ0v) is 16.6. The van der Waals surface area contributed by atoms with Gasteiger partial charge in [0.25, 0.3) is 0 Å². The van der Waals surface area contributed by atoms with Crippen LogP contribution in [-0.4, -0.2) is 70.9 Å². The zero-order chi connectivity index (χ0) is 20.1. The topological polar surface area (TPSA) is 69.6 Å². The van der Waals surface area contributed by atoms with Gasteiger partial charge in [0.1, 0.15) is 0 Å². The molecule has 1 atom stereocenters. The van der Waals surface area contributed by atoms with E-state index in [1.807, 2.05) is 40.1 Å². The molecule has 1 unspecified atom stereocenters. The molecule has 2 fully saturated rings. The molecule has 0 aliphatic carbocycles. The Morgan fingerprint density at radius 1 is 0.897 bits per heavy atom. The predicted molar refractivity (Wildman–Crippen MR) is 110 cm³/mol. The van der Waals surface area contributed by atoms with E-state index in [9.17, 15) is 9.59 Å². The van der Waals surface area contributed by atoms with Crippen molar-refractivity contribution in [2.24, 2.45) is 5.92 Å². The van der Waals surface area contributed by atoms with Crippen molar-refractivity contribution in [3.63, 3.8) is 0 Å². The van der Waals surface area contributed by atoms with Crippen LogP contribution in [0.5, 0.6) is 0 Å². The molecule has 2 aliphatic rings. The van der Waals surface area contributed by atoms with Crippen molar-refractivity contribution >= 4 is 17.8 Å². The van der Waals surface area contributed by atoms with Crippen LogP contribution in [0.1, 0.15) is 18.4 Å².